The van der Waals surface area contributed by atoms with E-state index in [2.05, 4.69) is 83.8 Å². The van der Waals surface area contributed by atoms with Gasteiger partial charge in [0.2, 0.25) is 0 Å². The second kappa shape index (κ2) is 7.83. The predicted molar refractivity (Wildman–Crippen MR) is 93.7 cm³/mol. The van der Waals surface area contributed by atoms with Crippen molar-refractivity contribution in [1.82, 2.24) is 0 Å². The van der Waals surface area contributed by atoms with Crippen LogP contribution < -0.4 is 0 Å². The first-order valence-electron chi connectivity index (χ1n) is 7.12. The number of benzene rings is 1. The van der Waals surface area contributed by atoms with E-state index in [1.54, 1.807) is 0 Å². The third-order valence-electron chi connectivity index (χ3n) is 3.79. The van der Waals surface area contributed by atoms with Crippen LogP contribution in [0.3, 0.4) is 0 Å². The zero-order chi connectivity index (χ0) is 14.5. The summed E-state index contributed by atoms with van der Waals surface area (Å²) >= 11 is 7.51. The second-order valence-corrected chi connectivity index (χ2v) is 7.47. The fraction of sp³-hybridized carbons (Fsp3) is 0.647. The van der Waals surface area contributed by atoms with Gasteiger partial charge in [-0.1, -0.05) is 82.5 Å². The summed E-state index contributed by atoms with van der Waals surface area (Å²) in [7, 11) is 0. The molecule has 1 aromatic rings. The third kappa shape index (κ3) is 4.90. The van der Waals surface area contributed by atoms with Crippen LogP contribution >= 0.6 is 31.9 Å². The quantitative estimate of drug-likeness (QED) is 0.494. The molecule has 0 fully saturated rings. The average molecular weight is 390 g/mol. The molecular formula is C17H26Br2. The summed E-state index contributed by atoms with van der Waals surface area (Å²) in [6.07, 6.45) is 2.53. The Hall–Kier alpha value is 0.180. The molecule has 1 atom stereocenters. The van der Waals surface area contributed by atoms with Gasteiger partial charge in [0.1, 0.15) is 0 Å². The van der Waals surface area contributed by atoms with Crippen molar-refractivity contribution in [2.75, 3.05) is 10.7 Å². The lowest BCUT2D eigenvalue weighted by Crippen LogP contribution is -2.32. The molecule has 19 heavy (non-hydrogen) atoms. The third-order valence-corrected chi connectivity index (χ3v) is 5.94. The van der Waals surface area contributed by atoms with Crippen LogP contribution in [-0.2, 0) is 5.41 Å². The van der Waals surface area contributed by atoms with Gasteiger partial charge in [0, 0.05) is 16.1 Å². The summed E-state index contributed by atoms with van der Waals surface area (Å²) in [5.41, 5.74) is 2.99. The van der Waals surface area contributed by atoms with Crippen LogP contribution in [0.4, 0.5) is 0 Å². The molecule has 0 aliphatic rings. The minimum atomic E-state index is 0.210. The Morgan fingerprint density at radius 1 is 1.00 bits per heavy atom. The molecule has 0 bridgehead atoms. The Morgan fingerprint density at radius 2 is 1.53 bits per heavy atom. The molecule has 2 heteroatoms. The molecule has 0 aliphatic heterocycles. The fourth-order valence-corrected chi connectivity index (χ4v) is 4.91. The molecule has 0 aromatic heterocycles. The molecule has 108 valence electrons. The van der Waals surface area contributed by atoms with E-state index >= 15 is 0 Å². The van der Waals surface area contributed by atoms with E-state index in [9.17, 15) is 0 Å². The van der Waals surface area contributed by atoms with Gasteiger partial charge in [0.05, 0.1) is 0 Å². The number of hydrogen-bond donors (Lipinski definition) is 0. The summed E-state index contributed by atoms with van der Waals surface area (Å²) in [6.45, 7) is 9.15. The van der Waals surface area contributed by atoms with Crippen molar-refractivity contribution in [3.63, 3.8) is 0 Å². The molecule has 0 heterocycles. The van der Waals surface area contributed by atoms with Gasteiger partial charge in [0.15, 0.2) is 0 Å². The van der Waals surface area contributed by atoms with E-state index < -0.39 is 0 Å². The van der Waals surface area contributed by atoms with Gasteiger partial charge in [0.25, 0.3) is 0 Å². The zero-order valence-corrected chi connectivity index (χ0v) is 15.7. The summed E-state index contributed by atoms with van der Waals surface area (Å²) in [6, 6.07) is 9.03. The van der Waals surface area contributed by atoms with E-state index in [1.165, 1.54) is 24.0 Å². The van der Waals surface area contributed by atoms with Crippen LogP contribution in [0.1, 0.15) is 44.7 Å². The number of aryl methyl sites for hydroxylation is 1. The minimum Gasteiger partial charge on any atom is -0.0918 e. The average Bonchev–Trinajstić information content (AvgIpc) is 2.36. The van der Waals surface area contributed by atoms with E-state index in [0.717, 1.165) is 22.5 Å². The summed E-state index contributed by atoms with van der Waals surface area (Å²) < 4.78 is 0. The van der Waals surface area contributed by atoms with E-state index in [1.807, 2.05) is 0 Å². The predicted octanol–water partition coefficient (Wildman–Crippen LogP) is 6.09. The Bertz CT molecular complexity index is 363. The van der Waals surface area contributed by atoms with Gasteiger partial charge in [-0.3, -0.25) is 0 Å². The van der Waals surface area contributed by atoms with Crippen molar-refractivity contribution in [3.8, 4) is 0 Å². The molecule has 0 nitrogen and oxygen atoms in total. The van der Waals surface area contributed by atoms with Gasteiger partial charge in [-0.25, -0.2) is 0 Å². The monoisotopic (exact) mass is 388 g/mol. The molecule has 1 unspecified atom stereocenters. The SMILES string of the molecule is Cc1ccc(C(CBr)(CBr)CC(C)CC(C)C)cc1. The highest BCUT2D eigenvalue weighted by Gasteiger charge is 2.31. The Morgan fingerprint density at radius 3 is 1.95 bits per heavy atom. The highest BCUT2D eigenvalue weighted by molar-refractivity contribution is 9.09. The molecule has 1 rings (SSSR count). The van der Waals surface area contributed by atoms with Gasteiger partial charge < -0.3 is 0 Å². The van der Waals surface area contributed by atoms with Gasteiger partial charge in [-0.05, 0) is 37.2 Å². The van der Waals surface area contributed by atoms with Gasteiger partial charge >= 0.3 is 0 Å². The first-order chi connectivity index (χ1) is 8.93. The van der Waals surface area contributed by atoms with Crippen molar-refractivity contribution < 1.29 is 0 Å². The van der Waals surface area contributed by atoms with Crippen LogP contribution in [0.15, 0.2) is 24.3 Å². The lowest BCUT2D eigenvalue weighted by Gasteiger charge is -2.34. The molecule has 1 aromatic carbocycles. The maximum absolute atomic E-state index is 3.75. The largest absolute Gasteiger partial charge is 0.0918 e. The highest BCUT2D eigenvalue weighted by atomic mass is 79.9. The molecule has 0 N–H and O–H groups in total. The van der Waals surface area contributed by atoms with Crippen molar-refractivity contribution in [3.05, 3.63) is 35.4 Å². The standard InChI is InChI=1S/C17H26Br2/c1-13(2)9-15(4)10-17(11-18,12-19)16-7-5-14(3)6-8-16/h5-8,13,15H,9-12H2,1-4H3. The molecule has 0 amide bonds. The molecular weight excluding hydrogens is 364 g/mol. The van der Waals surface area contributed by atoms with Crippen LogP contribution in [0.5, 0.6) is 0 Å². The lowest BCUT2D eigenvalue weighted by molar-refractivity contribution is 0.341. The van der Waals surface area contributed by atoms with E-state index in [0.29, 0.717) is 0 Å². The summed E-state index contributed by atoms with van der Waals surface area (Å²) in [5, 5.41) is 2.02. The Kier molecular flexibility index (Phi) is 7.10. The van der Waals surface area contributed by atoms with Crippen molar-refractivity contribution in [1.29, 1.82) is 0 Å². The second-order valence-electron chi connectivity index (χ2n) is 6.35. The van der Waals surface area contributed by atoms with Crippen molar-refractivity contribution in [2.45, 2.75) is 46.0 Å². The number of hydrogen-bond acceptors (Lipinski definition) is 0. The zero-order valence-electron chi connectivity index (χ0n) is 12.5. The van der Waals surface area contributed by atoms with Crippen LogP contribution in [0, 0.1) is 18.8 Å². The van der Waals surface area contributed by atoms with Crippen molar-refractivity contribution in [2.24, 2.45) is 11.8 Å². The molecule has 0 spiro atoms. The number of halogens is 2. The van der Waals surface area contributed by atoms with E-state index in [-0.39, 0.29) is 5.41 Å². The van der Waals surface area contributed by atoms with Crippen molar-refractivity contribution >= 4 is 31.9 Å². The maximum Gasteiger partial charge on any atom is 0.0149 e. The Balaban J connectivity index is 2.93. The summed E-state index contributed by atoms with van der Waals surface area (Å²) in [5.74, 6) is 1.52. The van der Waals surface area contributed by atoms with Crippen LogP contribution in [0.25, 0.3) is 0 Å². The smallest absolute Gasteiger partial charge is 0.0149 e. The fourth-order valence-electron chi connectivity index (χ4n) is 2.88. The number of alkyl halides is 2. The van der Waals surface area contributed by atoms with Gasteiger partial charge in [-0.15, -0.1) is 0 Å². The first kappa shape index (κ1) is 17.2. The van der Waals surface area contributed by atoms with Gasteiger partial charge in [-0.2, -0.15) is 0 Å². The topological polar surface area (TPSA) is 0 Å². The molecule has 0 aliphatic carbocycles. The first-order valence-corrected chi connectivity index (χ1v) is 9.37. The molecule has 0 saturated heterocycles. The molecule has 0 radical (unpaired) electrons. The number of rotatable bonds is 7. The summed E-state index contributed by atoms with van der Waals surface area (Å²) in [4.78, 5) is 0. The highest BCUT2D eigenvalue weighted by Crippen LogP contribution is 2.37. The van der Waals surface area contributed by atoms with E-state index in [4.69, 9.17) is 0 Å². The minimum absolute atomic E-state index is 0.210. The van der Waals surface area contributed by atoms with Crippen LogP contribution in [-0.4, -0.2) is 10.7 Å². The molecule has 0 saturated carbocycles. The maximum atomic E-state index is 3.75. The lowest BCUT2D eigenvalue weighted by atomic mass is 9.75. The van der Waals surface area contributed by atoms with Crippen LogP contribution in [0.2, 0.25) is 0 Å². The Labute approximate surface area is 135 Å². The normalized spacial score (nSPS) is 13.8.